The number of hydrogen-bond acceptors (Lipinski definition) is 3. The molecule has 5 heteroatoms. The number of aromatic nitrogens is 2. The Hall–Kier alpha value is -1.33. The second-order valence-electron chi connectivity index (χ2n) is 2.48. The van der Waals surface area contributed by atoms with Crippen LogP contribution in [-0.4, -0.2) is 18.7 Å². The summed E-state index contributed by atoms with van der Waals surface area (Å²) < 4.78 is 19.8. The quantitative estimate of drug-likeness (QED) is 0.693. The molecule has 1 atom stereocenters. The summed E-state index contributed by atoms with van der Waals surface area (Å²) in [6.45, 7) is 0. The predicted octanol–water partition coefficient (Wildman–Crippen LogP) is 1.21. The average molecular weight is 194 g/mol. The summed E-state index contributed by atoms with van der Waals surface area (Å²) in [7, 11) is 0. The lowest BCUT2D eigenvalue weighted by Crippen LogP contribution is -1.91. The van der Waals surface area contributed by atoms with E-state index in [9.17, 15) is 4.21 Å². The van der Waals surface area contributed by atoms with Crippen molar-refractivity contribution in [2.75, 3.05) is 0 Å². The van der Waals surface area contributed by atoms with Crippen LogP contribution in [0.25, 0.3) is 10.8 Å². The molecular weight excluding hydrogens is 188 g/mol. The lowest BCUT2D eigenvalue weighted by atomic mass is 10.2. The van der Waals surface area contributed by atoms with Gasteiger partial charge >= 0.3 is 0 Å². The number of hydrogen-bond donors (Lipinski definition) is 1. The van der Waals surface area contributed by atoms with Gasteiger partial charge in [-0.1, -0.05) is 0 Å². The third-order valence-electron chi connectivity index (χ3n) is 1.71. The van der Waals surface area contributed by atoms with E-state index in [0.717, 1.165) is 5.39 Å². The van der Waals surface area contributed by atoms with E-state index in [4.69, 9.17) is 4.55 Å². The van der Waals surface area contributed by atoms with E-state index in [1.165, 1.54) is 6.20 Å². The Bertz CT molecular complexity index is 467. The number of nitrogens with zero attached hydrogens (tertiary/aromatic N) is 2. The van der Waals surface area contributed by atoms with E-state index in [1.54, 1.807) is 24.7 Å². The summed E-state index contributed by atoms with van der Waals surface area (Å²) in [4.78, 5) is 8.03. The van der Waals surface area contributed by atoms with E-state index in [1.807, 2.05) is 0 Å². The minimum atomic E-state index is -2.01. The molecule has 2 rings (SSSR count). The van der Waals surface area contributed by atoms with E-state index in [2.05, 4.69) is 9.97 Å². The predicted molar refractivity (Wildman–Crippen MR) is 48.6 cm³/mol. The molecule has 2 aromatic heterocycles. The van der Waals surface area contributed by atoms with Crippen LogP contribution in [-0.2, 0) is 11.1 Å². The first-order valence-electron chi connectivity index (χ1n) is 3.57. The number of pyridine rings is 2. The summed E-state index contributed by atoms with van der Waals surface area (Å²) >= 11 is -2.01. The average Bonchev–Trinajstić information content (AvgIpc) is 2.17. The highest BCUT2D eigenvalue weighted by atomic mass is 32.2. The minimum Gasteiger partial charge on any atom is -0.302 e. The number of rotatable bonds is 1. The zero-order chi connectivity index (χ0) is 9.26. The van der Waals surface area contributed by atoms with Crippen molar-refractivity contribution in [1.29, 1.82) is 0 Å². The van der Waals surface area contributed by atoms with Gasteiger partial charge in [0, 0.05) is 35.6 Å². The Kier molecular flexibility index (Phi) is 2.03. The van der Waals surface area contributed by atoms with Gasteiger partial charge in [-0.05, 0) is 6.07 Å². The molecule has 0 aliphatic heterocycles. The molecule has 0 spiro atoms. The molecule has 4 nitrogen and oxygen atoms in total. The van der Waals surface area contributed by atoms with E-state index in [0.29, 0.717) is 10.3 Å². The summed E-state index contributed by atoms with van der Waals surface area (Å²) in [6.07, 6.45) is 6.18. The van der Waals surface area contributed by atoms with Crippen LogP contribution in [0.2, 0.25) is 0 Å². The fraction of sp³-hybridized carbons (Fsp3) is 0. The monoisotopic (exact) mass is 194 g/mol. The van der Waals surface area contributed by atoms with E-state index in [-0.39, 0.29) is 0 Å². The molecule has 0 aliphatic rings. The van der Waals surface area contributed by atoms with Crippen LogP contribution < -0.4 is 0 Å². The maximum Gasteiger partial charge on any atom is 0.188 e. The van der Waals surface area contributed by atoms with Gasteiger partial charge in [-0.3, -0.25) is 9.97 Å². The maximum absolute atomic E-state index is 10.9. The molecule has 1 unspecified atom stereocenters. The highest BCUT2D eigenvalue weighted by Crippen LogP contribution is 2.17. The van der Waals surface area contributed by atoms with Gasteiger partial charge < -0.3 is 4.55 Å². The van der Waals surface area contributed by atoms with Gasteiger partial charge in [0.15, 0.2) is 11.1 Å². The second-order valence-corrected chi connectivity index (χ2v) is 3.42. The Labute approximate surface area is 76.9 Å². The minimum absolute atomic E-state index is 0.297. The van der Waals surface area contributed by atoms with Crippen molar-refractivity contribution in [2.45, 2.75) is 4.90 Å². The van der Waals surface area contributed by atoms with Gasteiger partial charge in [0.1, 0.15) is 0 Å². The van der Waals surface area contributed by atoms with E-state index < -0.39 is 11.1 Å². The van der Waals surface area contributed by atoms with Crippen molar-refractivity contribution in [3.63, 3.8) is 0 Å². The molecule has 1 N–H and O–H groups in total. The molecule has 13 heavy (non-hydrogen) atoms. The van der Waals surface area contributed by atoms with Gasteiger partial charge in [-0.15, -0.1) is 0 Å². The molecular formula is C8H6N2O2S. The van der Waals surface area contributed by atoms with Crippen LogP contribution in [0.15, 0.2) is 35.7 Å². The van der Waals surface area contributed by atoms with Crippen LogP contribution in [0.4, 0.5) is 0 Å². The third-order valence-corrected chi connectivity index (χ3v) is 2.42. The molecule has 0 amide bonds. The Morgan fingerprint density at radius 2 is 2.08 bits per heavy atom. The first kappa shape index (κ1) is 8.28. The first-order valence-corrected chi connectivity index (χ1v) is 4.68. The maximum atomic E-state index is 10.9. The van der Waals surface area contributed by atoms with Crippen molar-refractivity contribution >= 4 is 21.9 Å². The van der Waals surface area contributed by atoms with Gasteiger partial charge in [0.2, 0.25) is 0 Å². The summed E-state index contributed by atoms with van der Waals surface area (Å²) in [5.41, 5.74) is 0. The topological polar surface area (TPSA) is 63.1 Å². The van der Waals surface area contributed by atoms with Crippen LogP contribution >= 0.6 is 0 Å². The highest BCUT2D eigenvalue weighted by molar-refractivity contribution is 7.79. The van der Waals surface area contributed by atoms with Gasteiger partial charge in [0.05, 0.1) is 4.90 Å². The van der Waals surface area contributed by atoms with Crippen molar-refractivity contribution in [3.05, 3.63) is 30.9 Å². The van der Waals surface area contributed by atoms with Crippen LogP contribution in [0.5, 0.6) is 0 Å². The molecule has 0 fully saturated rings. The molecule has 0 saturated carbocycles. The Morgan fingerprint density at radius 1 is 1.23 bits per heavy atom. The first-order chi connectivity index (χ1) is 6.29. The fourth-order valence-corrected chi connectivity index (χ4v) is 1.63. The Balaban J connectivity index is 2.83. The summed E-state index contributed by atoms with van der Waals surface area (Å²) in [5, 5.41) is 1.48. The summed E-state index contributed by atoms with van der Waals surface area (Å²) in [6, 6.07) is 1.75. The Morgan fingerprint density at radius 3 is 2.85 bits per heavy atom. The van der Waals surface area contributed by atoms with Crippen LogP contribution in [0, 0.1) is 0 Å². The zero-order valence-corrected chi connectivity index (χ0v) is 7.36. The zero-order valence-electron chi connectivity index (χ0n) is 6.54. The molecule has 2 aromatic rings. The normalized spacial score (nSPS) is 13.0. The van der Waals surface area contributed by atoms with Crippen LogP contribution in [0.1, 0.15) is 0 Å². The lowest BCUT2D eigenvalue weighted by Gasteiger charge is -1.99. The fourth-order valence-electron chi connectivity index (χ4n) is 1.12. The lowest BCUT2D eigenvalue weighted by molar-refractivity contribution is 0.565. The number of fused-ring (bicyclic) bond motifs is 1. The van der Waals surface area contributed by atoms with Gasteiger partial charge in [-0.2, -0.15) is 0 Å². The largest absolute Gasteiger partial charge is 0.302 e. The van der Waals surface area contributed by atoms with Crippen molar-refractivity contribution in [3.8, 4) is 0 Å². The van der Waals surface area contributed by atoms with Gasteiger partial charge in [-0.25, -0.2) is 4.21 Å². The van der Waals surface area contributed by atoms with E-state index >= 15 is 0 Å². The molecule has 0 saturated heterocycles. The van der Waals surface area contributed by atoms with Gasteiger partial charge in [0.25, 0.3) is 0 Å². The molecule has 66 valence electrons. The SMILES string of the molecule is O=S(O)c1cncc2ccncc12. The standard InChI is InChI=1S/C8H6N2O2S/c11-13(12)8-5-10-3-6-1-2-9-4-7(6)8/h1-5H,(H,11,12). The molecule has 0 radical (unpaired) electrons. The van der Waals surface area contributed by atoms with Crippen molar-refractivity contribution in [1.82, 2.24) is 9.97 Å². The van der Waals surface area contributed by atoms with Crippen molar-refractivity contribution < 1.29 is 8.76 Å². The smallest absolute Gasteiger partial charge is 0.188 e. The molecule has 0 aromatic carbocycles. The second kappa shape index (κ2) is 3.20. The molecule has 0 aliphatic carbocycles. The summed E-state index contributed by atoms with van der Waals surface area (Å²) in [5.74, 6) is 0. The highest BCUT2D eigenvalue weighted by Gasteiger charge is 2.05. The molecule has 0 bridgehead atoms. The van der Waals surface area contributed by atoms with Crippen molar-refractivity contribution in [2.24, 2.45) is 0 Å². The molecule has 2 heterocycles. The van der Waals surface area contributed by atoms with Crippen LogP contribution in [0.3, 0.4) is 0 Å². The third kappa shape index (κ3) is 1.43.